The molecule has 1 aliphatic heterocycles. The Morgan fingerprint density at radius 3 is 2.52 bits per heavy atom. The molecule has 0 aromatic heterocycles. The molecule has 0 aromatic rings. The van der Waals surface area contributed by atoms with Crippen LogP contribution >= 0.6 is 0 Å². The van der Waals surface area contributed by atoms with Crippen molar-refractivity contribution in [2.75, 3.05) is 19.4 Å². The Morgan fingerprint density at radius 1 is 1.30 bits per heavy atom. The quantitative estimate of drug-likeness (QED) is 0.657. The SMILES string of the molecule is CO[C@@H]1C[C@@H](CS(=O)(=O)O)CC[C@@H]1N1CC[C@H](NC(=O)OC(C)(C)C)C1=O. The van der Waals surface area contributed by atoms with E-state index in [4.69, 9.17) is 14.0 Å². The first-order valence-electron chi connectivity index (χ1n) is 9.17. The van der Waals surface area contributed by atoms with E-state index in [-0.39, 0.29) is 29.7 Å². The smallest absolute Gasteiger partial charge is 0.408 e. The number of methoxy groups -OCH3 is 1. The zero-order valence-corrected chi connectivity index (χ0v) is 17.1. The zero-order valence-electron chi connectivity index (χ0n) is 16.3. The van der Waals surface area contributed by atoms with E-state index in [1.807, 2.05) is 0 Å². The molecule has 0 bridgehead atoms. The molecule has 0 spiro atoms. The summed E-state index contributed by atoms with van der Waals surface area (Å²) >= 11 is 0. The van der Waals surface area contributed by atoms with Gasteiger partial charge in [-0.2, -0.15) is 8.42 Å². The highest BCUT2D eigenvalue weighted by molar-refractivity contribution is 7.85. The van der Waals surface area contributed by atoms with Gasteiger partial charge in [0.2, 0.25) is 5.91 Å². The van der Waals surface area contributed by atoms with Gasteiger partial charge in [0.1, 0.15) is 11.6 Å². The van der Waals surface area contributed by atoms with Crippen molar-refractivity contribution in [1.82, 2.24) is 10.2 Å². The second-order valence-electron chi connectivity index (χ2n) is 8.29. The molecule has 2 aliphatic rings. The van der Waals surface area contributed by atoms with Crippen molar-refractivity contribution in [2.45, 2.75) is 70.2 Å². The van der Waals surface area contributed by atoms with E-state index < -0.39 is 27.9 Å². The molecule has 1 saturated heterocycles. The molecular formula is C17H30N2O7S. The van der Waals surface area contributed by atoms with E-state index >= 15 is 0 Å². The lowest BCUT2D eigenvalue weighted by Gasteiger charge is -2.40. The van der Waals surface area contributed by atoms with E-state index in [1.165, 1.54) is 7.11 Å². The fourth-order valence-corrected chi connectivity index (χ4v) is 4.77. The Bertz CT molecular complexity index is 659. The third kappa shape index (κ3) is 6.32. The van der Waals surface area contributed by atoms with Crippen LogP contribution in [0.5, 0.6) is 0 Å². The normalized spacial score (nSPS) is 29.7. The van der Waals surface area contributed by atoms with Crippen molar-refractivity contribution in [3.63, 3.8) is 0 Å². The van der Waals surface area contributed by atoms with Gasteiger partial charge in [-0.15, -0.1) is 0 Å². The molecule has 2 fully saturated rings. The Morgan fingerprint density at radius 2 is 1.96 bits per heavy atom. The number of alkyl carbamates (subject to hydrolysis) is 1. The number of ether oxygens (including phenoxy) is 2. The van der Waals surface area contributed by atoms with Crippen LogP contribution in [0, 0.1) is 5.92 Å². The van der Waals surface area contributed by atoms with E-state index in [2.05, 4.69) is 5.32 Å². The number of rotatable bonds is 5. The summed E-state index contributed by atoms with van der Waals surface area (Å²) in [6, 6.07) is -0.807. The Balaban J connectivity index is 1.96. The van der Waals surface area contributed by atoms with Crippen molar-refractivity contribution in [1.29, 1.82) is 0 Å². The van der Waals surface area contributed by atoms with Crippen molar-refractivity contribution >= 4 is 22.1 Å². The van der Waals surface area contributed by atoms with Crippen molar-refractivity contribution in [3.05, 3.63) is 0 Å². The number of carbonyl (C=O) groups is 2. The highest BCUT2D eigenvalue weighted by Crippen LogP contribution is 2.32. The standard InChI is InChI=1S/C17H30N2O7S/c1-17(2,3)26-16(21)18-12-7-8-19(15(12)20)13-6-5-11(9-14(13)25-4)10-27(22,23)24/h11-14H,5-10H2,1-4H3,(H,18,21)(H,22,23,24)/t11-,12-,13-,14+/m0/s1. The highest BCUT2D eigenvalue weighted by atomic mass is 32.2. The van der Waals surface area contributed by atoms with Crippen molar-refractivity contribution in [2.24, 2.45) is 5.92 Å². The minimum absolute atomic E-state index is 0.175. The molecule has 2 amide bonds. The van der Waals surface area contributed by atoms with Crippen LogP contribution in [0.15, 0.2) is 0 Å². The topological polar surface area (TPSA) is 122 Å². The minimum atomic E-state index is -4.04. The number of amides is 2. The lowest BCUT2D eigenvalue weighted by Crippen LogP contribution is -2.52. The third-order valence-corrected chi connectivity index (χ3v) is 5.84. The fraction of sp³-hybridized carbons (Fsp3) is 0.882. The molecule has 0 radical (unpaired) electrons. The summed E-state index contributed by atoms with van der Waals surface area (Å²) in [6.07, 6.45) is 1.17. The summed E-state index contributed by atoms with van der Waals surface area (Å²) in [6.45, 7) is 5.75. The molecule has 0 unspecified atom stereocenters. The minimum Gasteiger partial charge on any atom is -0.444 e. The van der Waals surface area contributed by atoms with Crippen LogP contribution in [0.2, 0.25) is 0 Å². The number of hydrogen-bond donors (Lipinski definition) is 2. The van der Waals surface area contributed by atoms with Crippen molar-refractivity contribution in [3.8, 4) is 0 Å². The first kappa shape index (κ1) is 21.9. The molecule has 0 aromatic carbocycles. The number of likely N-dealkylation sites (tertiary alicyclic amines) is 1. The number of nitrogens with zero attached hydrogens (tertiary/aromatic N) is 1. The summed E-state index contributed by atoms with van der Waals surface area (Å²) in [7, 11) is -2.51. The van der Waals surface area contributed by atoms with E-state index in [0.717, 1.165) is 0 Å². The fourth-order valence-electron chi connectivity index (χ4n) is 3.87. The molecule has 4 atom stereocenters. The monoisotopic (exact) mass is 406 g/mol. The van der Waals surface area contributed by atoms with Gasteiger partial charge in [0, 0.05) is 13.7 Å². The highest BCUT2D eigenvalue weighted by Gasteiger charge is 2.43. The predicted molar refractivity (Wildman–Crippen MR) is 97.8 cm³/mol. The number of nitrogens with one attached hydrogen (secondary N) is 1. The maximum absolute atomic E-state index is 12.7. The van der Waals surface area contributed by atoms with Crippen LogP contribution in [-0.2, 0) is 24.4 Å². The average Bonchev–Trinajstić information content (AvgIpc) is 2.84. The van der Waals surface area contributed by atoms with Gasteiger partial charge in [-0.1, -0.05) is 0 Å². The second kappa shape index (κ2) is 8.32. The molecule has 2 N–H and O–H groups in total. The molecule has 9 nitrogen and oxygen atoms in total. The number of carbonyl (C=O) groups excluding carboxylic acids is 2. The van der Waals surface area contributed by atoms with Crippen LogP contribution in [0.1, 0.15) is 46.5 Å². The third-order valence-electron chi connectivity index (χ3n) is 4.95. The van der Waals surface area contributed by atoms with Gasteiger partial charge in [0.25, 0.3) is 10.1 Å². The molecule has 1 heterocycles. The Hall–Kier alpha value is -1.39. The van der Waals surface area contributed by atoms with Gasteiger partial charge in [0.05, 0.1) is 17.9 Å². The summed E-state index contributed by atoms with van der Waals surface area (Å²) in [5.41, 5.74) is -0.641. The van der Waals surface area contributed by atoms with Gasteiger partial charge in [-0.05, 0) is 52.4 Å². The Kier molecular flexibility index (Phi) is 6.75. The Labute approximate surface area is 160 Å². The van der Waals surface area contributed by atoms with Crippen LogP contribution in [0.3, 0.4) is 0 Å². The first-order chi connectivity index (χ1) is 12.4. The van der Waals surface area contributed by atoms with Crippen LogP contribution in [0.4, 0.5) is 4.79 Å². The summed E-state index contributed by atoms with van der Waals surface area (Å²) in [5.74, 6) is -0.674. The maximum Gasteiger partial charge on any atom is 0.408 e. The molecule has 27 heavy (non-hydrogen) atoms. The van der Waals surface area contributed by atoms with Gasteiger partial charge in [-0.3, -0.25) is 9.35 Å². The van der Waals surface area contributed by atoms with Crippen molar-refractivity contribution < 1.29 is 32.0 Å². The van der Waals surface area contributed by atoms with Gasteiger partial charge in [0.15, 0.2) is 0 Å². The molecule has 2 rings (SSSR count). The van der Waals surface area contributed by atoms with Crippen LogP contribution < -0.4 is 5.32 Å². The summed E-state index contributed by atoms with van der Waals surface area (Å²) in [4.78, 5) is 26.4. The van der Waals surface area contributed by atoms with E-state index in [1.54, 1.807) is 25.7 Å². The summed E-state index contributed by atoms with van der Waals surface area (Å²) < 4.78 is 42.0. The van der Waals surface area contributed by atoms with Crippen LogP contribution in [-0.4, -0.2) is 73.1 Å². The maximum atomic E-state index is 12.7. The lowest BCUT2D eigenvalue weighted by molar-refractivity contribution is -0.136. The second-order valence-corrected chi connectivity index (χ2v) is 9.79. The molecular weight excluding hydrogens is 376 g/mol. The molecule has 10 heteroatoms. The van der Waals surface area contributed by atoms with Gasteiger partial charge < -0.3 is 19.7 Å². The lowest BCUT2D eigenvalue weighted by atomic mass is 9.84. The van der Waals surface area contributed by atoms with Gasteiger partial charge >= 0.3 is 6.09 Å². The molecule has 156 valence electrons. The summed E-state index contributed by atoms with van der Waals surface area (Å²) in [5, 5.41) is 2.62. The zero-order chi connectivity index (χ0) is 20.4. The molecule has 1 saturated carbocycles. The predicted octanol–water partition coefficient (Wildman–Crippen LogP) is 1.18. The largest absolute Gasteiger partial charge is 0.444 e. The molecule has 1 aliphatic carbocycles. The average molecular weight is 407 g/mol. The van der Waals surface area contributed by atoms with E-state index in [9.17, 15) is 18.0 Å². The van der Waals surface area contributed by atoms with E-state index in [0.29, 0.717) is 32.2 Å². The first-order valence-corrected chi connectivity index (χ1v) is 10.8. The number of hydrogen-bond acceptors (Lipinski definition) is 6. The van der Waals surface area contributed by atoms with Crippen LogP contribution in [0.25, 0.3) is 0 Å². The van der Waals surface area contributed by atoms with Gasteiger partial charge in [-0.25, -0.2) is 4.79 Å².